The predicted molar refractivity (Wildman–Crippen MR) is 73.4 cm³/mol. The van der Waals surface area contributed by atoms with Crippen molar-refractivity contribution < 1.29 is 4.79 Å². The van der Waals surface area contributed by atoms with Gasteiger partial charge >= 0.3 is 0 Å². The van der Waals surface area contributed by atoms with Crippen molar-refractivity contribution in [2.75, 3.05) is 25.0 Å². The number of alkyl halides is 1. The van der Waals surface area contributed by atoms with Gasteiger partial charge in [0.25, 0.3) is 0 Å². The highest BCUT2D eigenvalue weighted by molar-refractivity contribution is 9.09. The molecule has 0 saturated carbocycles. The Labute approximate surface area is 113 Å². The first kappa shape index (κ1) is 13.3. The number of fused-ring (bicyclic) bond motifs is 1. The molecule has 0 aromatic rings. The van der Waals surface area contributed by atoms with Crippen molar-refractivity contribution in [2.45, 2.75) is 51.1 Å². The maximum atomic E-state index is 12.2. The molecular weight excluding hydrogens is 280 g/mol. The summed E-state index contributed by atoms with van der Waals surface area (Å²) in [4.78, 5) is 16.9. The van der Waals surface area contributed by atoms with Gasteiger partial charge in [-0.1, -0.05) is 15.9 Å². The Bertz CT molecular complexity index is 272. The Balaban J connectivity index is 1.84. The summed E-state index contributed by atoms with van der Waals surface area (Å²) in [6.07, 6.45) is 5.43. The molecule has 2 saturated heterocycles. The molecule has 0 aromatic carbocycles. The fraction of sp³-hybridized carbons (Fsp3) is 0.923. The van der Waals surface area contributed by atoms with E-state index in [1.165, 1.54) is 19.4 Å². The van der Waals surface area contributed by atoms with Crippen LogP contribution in [0.4, 0.5) is 0 Å². The van der Waals surface area contributed by atoms with Crippen LogP contribution in [0.3, 0.4) is 0 Å². The summed E-state index contributed by atoms with van der Waals surface area (Å²) in [5, 5.41) is 1.01. The van der Waals surface area contributed by atoms with Gasteiger partial charge in [0.05, 0.1) is 0 Å². The lowest BCUT2D eigenvalue weighted by molar-refractivity contribution is -0.136. The van der Waals surface area contributed by atoms with Crippen LogP contribution in [0.1, 0.15) is 39.0 Å². The molecule has 2 fully saturated rings. The molecule has 0 spiro atoms. The van der Waals surface area contributed by atoms with E-state index in [1.807, 2.05) is 0 Å². The minimum atomic E-state index is 0.366. The van der Waals surface area contributed by atoms with Crippen LogP contribution in [0.25, 0.3) is 0 Å². The average Bonchev–Trinajstić information content (AvgIpc) is 2.75. The van der Waals surface area contributed by atoms with Crippen LogP contribution in [-0.2, 0) is 4.79 Å². The molecule has 17 heavy (non-hydrogen) atoms. The minimum Gasteiger partial charge on any atom is -0.337 e. The van der Waals surface area contributed by atoms with E-state index in [2.05, 4.69) is 32.7 Å². The fourth-order valence-electron chi connectivity index (χ4n) is 3.05. The summed E-state index contributed by atoms with van der Waals surface area (Å²) < 4.78 is 0. The van der Waals surface area contributed by atoms with Crippen molar-refractivity contribution in [3.63, 3.8) is 0 Å². The molecule has 0 aliphatic carbocycles. The van der Waals surface area contributed by atoms with Gasteiger partial charge < -0.3 is 4.90 Å². The van der Waals surface area contributed by atoms with Crippen molar-refractivity contribution >= 4 is 21.8 Å². The molecule has 2 rings (SSSR count). The number of piperazine rings is 1. The van der Waals surface area contributed by atoms with Gasteiger partial charge in [0.15, 0.2) is 0 Å². The summed E-state index contributed by atoms with van der Waals surface area (Å²) in [5.74, 6) is 0.366. The van der Waals surface area contributed by atoms with Crippen LogP contribution in [0.5, 0.6) is 0 Å². The van der Waals surface area contributed by atoms with Gasteiger partial charge in [-0.2, -0.15) is 0 Å². The van der Waals surface area contributed by atoms with Crippen LogP contribution in [0.15, 0.2) is 0 Å². The molecule has 4 heteroatoms. The number of rotatable bonds is 4. The molecule has 1 amide bonds. The van der Waals surface area contributed by atoms with Crippen LogP contribution in [0.2, 0.25) is 0 Å². The van der Waals surface area contributed by atoms with Gasteiger partial charge in [0, 0.05) is 36.9 Å². The monoisotopic (exact) mass is 302 g/mol. The third kappa shape index (κ3) is 3.22. The van der Waals surface area contributed by atoms with Gasteiger partial charge in [-0.3, -0.25) is 9.69 Å². The van der Waals surface area contributed by atoms with Crippen molar-refractivity contribution in [3.8, 4) is 0 Å². The Morgan fingerprint density at radius 3 is 2.94 bits per heavy atom. The summed E-state index contributed by atoms with van der Waals surface area (Å²) in [5.41, 5.74) is 0. The van der Waals surface area contributed by atoms with Gasteiger partial charge in [0.1, 0.15) is 0 Å². The Morgan fingerprint density at radius 2 is 2.18 bits per heavy atom. The zero-order valence-corrected chi connectivity index (χ0v) is 12.3. The second-order valence-corrected chi connectivity index (χ2v) is 6.13. The minimum absolute atomic E-state index is 0.366. The maximum Gasteiger partial charge on any atom is 0.222 e. The largest absolute Gasteiger partial charge is 0.337 e. The van der Waals surface area contributed by atoms with Crippen molar-refractivity contribution in [3.05, 3.63) is 0 Å². The molecular formula is C13H23BrN2O. The first-order chi connectivity index (χ1) is 8.22. The second kappa shape index (κ2) is 6.19. The van der Waals surface area contributed by atoms with Gasteiger partial charge in [-0.05, 0) is 39.2 Å². The standard InChI is InChI=1S/C13H23BrN2O/c1-11-9-15-8-4-5-12(15)10-16(11)13(17)6-2-3-7-14/h11-12H,2-10H2,1H3. The molecule has 0 bridgehead atoms. The third-order valence-electron chi connectivity index (χ3n) is 4.03. The highest BCUT2D eigenvalue weighted by Gasteiger charge is 2.35. The smallest absolute Gasteiger partial charge is 0.222 e. The SMILES string of the molecule is CC1CN2CCCC2CN1C(=O)CCCCBr. The van der Waals surface area contributed by atoms with Crippen molar-refractivity contribution in [1.82, 2.24) is 9.80 Å². The van der Waals surface area contributed by atoms with Crippen LogP contribution < -0.4 is 0 Å². The van der Waals surface area contributed by atoms with Gasteiger partial charge in [-0.25, -0.2) is 0 Å². The molecule has 0 radical (unpaired) electrons. The highest BCUT2D eigenvalue weighted by atomic mass is 79.9. The molecule has 2 atom stereocenters. The molecule has 2 heterocycles. The quantitative estimate of drug-likeness (QED) is 0.587. The topological polar surface area (TPSA) is 23.6 Å². The van der Waals surface area contributed by atoms with E-state index in [9.17, 15) is 4.79 Å². The zero-order valence-electron chi connectivity index (χ0n) is 10.7. The summed E-state index contributed by atoms with van der Waals surface area (Å²) in [6, 6.07) is 1.05. The van der Waals surface area contributed by atoms with E-state index in [4.69, 9.17) is 0 Å². The maximum absolute atomic E-state index is 12.2. The zero-order chi connectivity index (χ0) is 12.3. The lowest BCUT2D eigenvalue weighted by Crippen LogP contribution is -2.56. The van der Waals surface area contributed by atoms with E-state index >= 15 is 0 Å². The summed E-state index contributed by atoms with van der Waals surface area (Å²) >= 11 is 3.41. The number of halogens is 1. The molecule has 0 N–H and O–H groups in total. The molecule has 2 aliphatic heterocycles. The Morgan fingerprint density at radius 1 is 1.35 bits per heavy atom. The van der Waals surface area contributed by atoms with Crippen molar-refractivity contribution in [1.29, 1.82) is 0 Å². The number of amides is 1. The number of unbranched alkanes of at least 4 members (excludes halogenated alkanes) is 1. The van der Waals surface area contributed by atoms with Crippen LogP contribution >= 0.6 is 15.9 Å². The van der Waals surface area contributed by atoms with E-state index in [0.29, 0.717) is 18.0 Å². The van der Waals surface area contributed by atoms with E-state index in [0.717, 1.165) is 37.7 Å². The number of hydrogen-bond donors (Lipinski definition) is 0. The Kier molecular flexibility index (Phi) is 4.86. The van der Waals surface area contributed by atoms with E-state index < -0.39 is 0 Å². The highest BCUT2D eigenvalue weighted by Crippen LogP contribution is 2.25. The second-order valence-electron chi connectivity index (χ2n) is 5.33. The number of carbonyl (C=O) groups excluding carboxylic acids is 1. The summed E-state index contributed by atoms with van der Waals surface area (Å²) in [7, 11) is 0. The van der Waals surface area contributed by atoms with E-state index in [1.54, 1.807) is 0 Å². The van der Waals surface area contributed by atoms with Gasteiger partial charge in [0.2, 0.25) is 5.91 Å². The third-order valence-corrected chi connectivity index (χ3v) is 4.59. The lowest BCUT2D eigenvalue weighted by atomic mass is 10.1. The molecule has 98 valence electrons. The number of nitrogens with zero attached hydrogens (tertiary/aromatic N) is 2. The first-order valence-corrected chi connectivity index (χ1v) is 7.94. The Hall–Kier alpha value is -0.0900. The fourth-order valence-corrected chi connectivity index (χ4v) is 3.45. The first-order valence-electron chi connectivity index (χ1n) is 6.82. The summed E-state index contributed by atoms with van der Waals surface area (Å²) in [6.45, 7) is 5.47. The number of carbonyl (C=O) groups is 1. The molecule has 2 aliphatic rings. The van der Waals surface area contributed by atoms with Crippen molar-refractivity contribution in [2.24, 2.45) is 0 Å². The normalized spacial score (nSPS) is 29.4. The molecule has 2 unspecified atom stereocenters. The molecule has 0 aromatic heterocycles. The van der Waals surface area contributed by atoms with Crippen LogP contribution in [-0.4, -0.2) is 52.8 Å². The van der Waals surface area contributed by atoms with E-state index in [-0.39, 0.29) is 0 Å². The molecule has 3 nitrogen and oxygen atoms in total. The van der Waals surface area contributed by atoms with Crippen LogP contribution in [0, 0.1) is 0 Å². The predicted octanol–water partition coefficient (Wildman–Crippen LogP) is 2.25. The lowest BCUT2D eigenvalue weighted by Gasteiger charge is -2.42. The van der Waals surface area contributed by atoms with Gasteiger partial charge in [-0.15, -0.1) is 0 Å². The number of hydrogen-bond acceptors (Lipinski definition) is 2. The average molecular weight is 303 g/mol.